The maximum atomic E-state index is 8.66. The van der Waals surface area contributed by atoms with Crippen LogP contribution < -0.4 is 5.32 Å². The summed E-state index contributed by atoms with van der Waals surface area (Å²) in [5.74, 6) is 0. The van der Waals surface area contributed by atoms with Crippen molar-refractivity contribution >= 4 is 0 Å². The molecule has 0 aliphatic carbocycles. The second-order valence-corrected chi connectivity index (χ2v) is 2.57. The van der Waals surface area contributed by atoms with E-state index >= 15 is 0 Å². The molecule has 1 saturated heterocycles. The molecule has 0 spiro atoms. The first-order valence-electron chi connectivity index (χ1n) is 3.76. The lowest BCUT2D eigenvalue weighted by atomic mass is 10.2. The standard InChI is InChI=1S/C7H14NO2/c1-2-6-5-10-7(4-9)3-8-6/h6-7,9H,2-5H2,1H3/t6-,7+/m1/s1. The smallest absolute Gasteiger partial charge is 0.0947 e. The van der Waals surface area contributed by atoms with E-state index in [2.05, 4.69) is 12.2 Å². The molecule has 1 aliphatic heterocycles. The number of rotatable bonds is 2. The van der Waals surface area contributed by atoms with Gasteiger partial charge in [0.2, 0.25) is 0 Å². The molecule has 3 heteroatoms. The highest BCUT2D eigenvalue weighted by Crippen LogP contribution is 2.04. The van der Waals surface area contributed by atoms with Crippen molar-refractivity contribution in [3.8, 4) is 0 Å². The van der Waals surface area contributed by atoms with E-state index in [1.54, 1.807) is 0 Å². The Kier molecular flexibility index (Phi) is 3.12. The van der Waals surface area contributed by atoms with Crippen LogP contribution >= 0.6 is 0 Å². The minimum absolute atomic E-state index is 0.0391. The Morgan fingerprint density at radius 1 is 1.70 bits per heavy atom. The number of hydrogen-bond donors (Lipinski definition) is 1. The van der Waals surface area contributed by atoms with Crippen LogP contribution in [0, 0.1) is 0 Å². The molecule has 0 amide bonds. The predicted octanol–water partition coefficient (Wildman–Crippen LogP) is -0.239. The molecular weight excluding hydrogens is 130 g/mol. The Morgan fingerprint density at radius 2 is 2.50 bits per heavy atom. The van der Waals surface area contributed by atoms with Gasteiger partial charge in [-0.3, -0.25) is 0 Å². The second-order valence-electron chi connectivity index (χ2n) is 2.57. The first kappa shape index (κ1) is 7.98. The molecular formula is C7H14NO2. The molecule has 0 unspecified atom stereocenters. The Hall–Kier alpha value is -0.120. The van der Waals surface area contributed by atoms with Gasteiger partial charge in [0.05, 0.1) is 19.3 Å². The monoisotopic (exact) mass is 144 g/mol. The van der Waals surface area contributed by atoms with Gasteiger partial charge in [-0.15, -0.1) is 0 Å². The average Bonchev–Trinajstić information content (AvgIpc) is 2.05. The Balaban J connectivity index is 2.17. The number of hydrogen-bond acceptors (Lipinski definition) is 2. The summed E-state index contributed by atoms with van der Waals surface area (Å²) in [6, 6.07) is 0.364. The molecule has 0 saturated carbocycles. The van der Waals surface area contributed by atoms with Gasteiger partial charge in [-0.2, -0.15) is 0 Å². The molecule has 1 heterocycles. The molecule has 3 nitrogen and oxygen atoms in total. The lowest BCUT2D eigenvalue weighted by molar-refractivity contribution is -0.0275. The maximum Gasteiger partial charge on any atom is 0.0947 e. The molecule has 0 aromatic heterocycles. The highest BCUT2D eigenvalue weighted by molar-refractivity contribution is 4.73. The van der Waals surface area contributed by atoms with Crippen molar-refractivity contribution in [2.75, 3.05) is 19.8 Å². The first-order valence-corrected chi connectivity index (χ1v) is 3.76. The van der Waals surface area contributed by atoms with E-state index in [1.807, 2.05) is 0 Å². The van der Waals surface area contributed by atoms with Crippen LogP contribution in [0.15, 0.2) is 0 Å². The van der Waals surface area contributed by atoms with Gasteiger partial charge < -0.3 is 9.84 Å². The van der Waals surface area contributed by atoms with Gasteiger partial charge >= 0.3 is 0 Å². The third-order valence-electron chi connectivity index (χ3n) is 1.77. The SMILES string of the molecule is CC[C@@H]1CO[C@H](CO)C[N]1. The van der Waals surface area contributed by atoms with Crippen molar-refractivity contribution in [3.63, 3.8) is 0 Å². The van der Waals surface area contributed by atoms with E-state index < -0.39 is 0 Å². The lowest BCUT2D eigenvalue weighted by Crippen LogP contribution is -2.42. The van der Waals surface area contributed by atoms with Gasteiger partial charge in [0.1, 0.15) is 0 Å². The van der Waals surface area contributed by atoms with Crippen molar-refractivity contribution in [1.82, 2.24) is 5.32 Å². The topological polar surface area (TPSA) is 43.6 Å². The molecule has 2 atom stereocenters. The van der Waals surface area contributed by atoms with Crippen LogP contribution in [0.5, 0.6) is 0 Å². The summed E-state index contributed by atoms with van der Waals surface area (Å²) in [6.07, 6.45) is 1.00. The summed E-state index contributed by atoms with van der Waals surface area (Å²) in [5.41, 5.74) is 0. The van der Waals surface area contributed by atoms with Crippen molar-refractivity contribution in [2.24, 2.45) is 0 Å². The van der Waals surface area contributed by atoms with Crippen LogP contribution in [-0.4, -0.2) is 37.0 Å². The number of ether oxygens (including phenoxy) is 1. The van der Waals surface area contributed by atoms with E-state index in [1.165, 1.54) is 0 Å². The second kappa shape index (κ2) is 3.91. The number of aliphatic hydroxyl groups is 1. The van der Waals surface area contributed by atoms with Gasteiger partial charge in [0.15, 0.2) is 0 Å². The van der Waals surface area contributed by atoms with Gasteiger partial charge in [-0.05, 0) is 6.42 Å². The molecule has 1 fully saturated rings. The van der Waals surface area contributed by atoms with Crippen molar-refractivity contribution in [3.05, 3.63) is 0 Å². The Morgan fingerprint density at radius 3 is 2.90 bits per heavy atom. The van der Waals surface area contributed by atoms with Crippen molar-refractivity contribution in [1.29, 1.82) is 0 Å². The van der Waals surface area contributed by atoms with Gasteiger partial charge in [0, 0.05) is 12.6 Å². The van der Waals surface area contributed by atoms with Gasteiger partial charge in [-0.25, -0.2) is 5.32 Å². The number of morpholine rings is 1. The first-order chi connectivity index (χ1) is 4.86. The quantitative estimate of drug-likeness (QED) is 0.581. The lowest BCUT2D eigenvalue weighted by Gasteiger charge is -2.26. The van der Waals surface area contributed by atoms with E-state index in [-0.39, 0.29) is 12.7 Å². The zero-order valence-electron chi connectivity index (χ0n) is 6.29. The summed E-state index contributed by atoms with van der Waals surface area (Å²) in [6.45, 7) is 3.54. The summed E-state index contributed by atoms with van der Waals surface area (Å²) in [5, 5.41) is 13.0. The average molecular weight is 144 g/mol. The summed E-state index contributed by atoms with van der Waals surface area (Å²) in [7, 11) is 0. The fraction of sp³-hybridized carbons (Fsp3) is 1.00. The number of nitrogens with zero attached hydrogens (tertiary/aromatic N) is 1. The minimum Gasteiger partial charge on any atom is -0.394 e. The molecule has 0 aromatic carbocycles. The number of aliphatic hydroxyl groups excluding tert-OH is 1. The third-order valence-corrected chi connectivity index (χ3v) is 1.77. The Labute approximate surface area is 61.4 Å². The fourth-order valence-electron chi connectivity index (χ4n) is 0.977. The van der Waals surface area contributed by atoms with Crippen LogP contribution in [0.4, 0.5) is 0 Å². The minimum atomic E-state index is -0.0391. The summed E-state index contributed by atoms with van der Waals surface area (Å²) >= 11 is 0. The molecule has 10 heavy (non-hydrogen) atoms. The highest BCUT2D eigenvalue weighted by atomic mass is 16.5. The normalized spacial score (nSPS) is 34.2. The summed E-state index contributed by atoms with van der Waals surface area (Å²) in [4.78, 5) is 0. The molecule has 1 aliphatic rings. The van der Waals surface area contributed by atoms with Crippen molar-refractivity contribution < 1.29 is 9.84 Å². The van der Waals surface area contributed by atoms with E-state index in [0.29, 0.717) is 19.2 Å². The molecule has 1 N–H and O–H groups in total. The zero-order valence-corrected chi connectivity index (χ0v) is 6.29. The van der Waals surface area contributed by atoms with Crippen LogP contribution in [0.2, 0.25) is 0 Å². The maximum absolute atomic E-state index is 8.66. The van der Waals surface area contributed by atoms with Crippen LogP contribution in [0.3, 0.4) is 0 Å². The molecule has 1 radical (unpaired) electrons. The largest absolute Gasteiger partial charge is 0.394 e. The fourth-order valence-corrected chi connectivity index (χ4v) is 0.977. The van der Waals surface area contributed by atoms with Crippen LogP contribution in [-0.2, 0) is 4.74 Å². The molecule has 59 valence electrons. The predicted molar refractivity (Wildman–Crippen MR) is 37.9 cm³/mol. The zero-order chi connectivity index (χ0) is 7.40. The highest BCUT2D eigenvalue weighted by Gasteiger charge is 2.19. The third kappa shape index (κ3) is 1.94. The molecule has 0 bridgehead atoms. The van der Waals surface area contributed by atoms with Gasteiger partial charge in [-0.1, -0.05) is 6.92 Å². The van der Waals surface area contributed by atoms with E-state index in [9.17, 15) is 0 Å². The molecule has 0 aromatic rings. The van der Waals surface area contributed by atoms with Crippen LogP contribution in [0.25, 0.3) is 0 Å². The van der Waals surface area contributed by atoms with Crippen LogP contribution in [0.1, 0.15) is 13.3 Å². The van der Waals surface area contributed by atoms with E-state index in [4.69, 9.17) is 9.84 Å². The van der Waals surface area contributed by atoms with Crippen molar-refractivity contribution in [2.45, 2.75) is 25.5 Å². The van der Waals surface area contributed by atoms with E-state index in [0.717, 1.165) is 6.42 Å². The molecule has 1 rings (SSSR count). The summed E-state index contributed by atoms with van der Waals surface area (Å²) < 4.78 is 5.29. The van der Waals surface area contributed by atoms with Gasteiger partial charge in [0.25, 0.3) is 0 Å². The Bertz CT molecular complexity index is 77.6.